The van der Waals surface area contributed by atoms with Gasteiger partial charge in [-0.2, -0.15) is 0 Å². The second-order valence-corrected chi connectivity index (χ2v) is 6.78. The van der Waals surface area contributed by atoms with Gasteiger partial charge in [-0.3, -0.25) is 10.1 Å². The highest BCUT2D eigenvalue weighted by atomic mass is 16.6. The van der Waals surface area contributed by atoms with Gasteiger partial charge in [0, 0.05) is 11.6 Å². The lowest BCUT2D eigenvalue weighted by molar-refractivity contribution is -0.385. The zero-order valence-electron chi connectivity index (χ0n) is 14.3. The number of benzene rings is 2. The monoisotopic (exact) mass is 327 g/mol. The van der Waals surface area contributed by atoms with Gasteiger partial charge in [0.1, 0.15) is 6.61 Å². The van der Waals surface area contributed by atoms with Crippen LogP contribution in [0.15, 0.2) is 42.5 Å². The number of hydrogen-bond donors (Lipinski definition) is 0. The highest BCUT2D eigenvalue weighted by Gasteiger charge is 2.15. The number of carbonyl (C=O) groups is 1. The van der Waals surface area contributed by atoms with Crippen LogP contribution in [0.2, 0.25) is 0 Å². The third-order valence-electron chi connectivity index (χ3n) is 3.82. The van der Waals surface area contributed by atoms with Crippen molar-refractivity contribution in [2.45, 2.75) is 39.7 Å². The van der Waals surface area contributed by atoms with Gasteiger partial charge in [0.25, 0.3) is 5.69 Å². The molecule has 0 radical (unpaired) electrons. The Morgan fingerprint density at radius 3 is 2.25 bits per heavy atom. The second-order valence-electron chi connectivity index (χ2n) is 6.78. The zero-order chi connectivity index (χ0) is 17.9. The van der Waals surface area contributed by atoms with Gasteiger partial charge >= 0.3 is 5.97 Å². The summed E-state index contributed by atoms with van der Waals surface area (Å²) in [7, 11) is 0. The first-order valence-corrected chi connectivity index (χ1v) is 7.70. The third kappa shape index (κ3) is 4.19. The number of hydrogen-bond acceptors (Lipinski definition) is 4. The van der Waals surface area contributed by atoms with E-state index in [1.165, 1.54) is 23.8 Å². The molecule has 0 aliphatic carbocycles. The Balaban J connectivity index is 2.03. The lowest BCUT2D eigenvalue weighted by atomic mass is 9.87. The molecule has 0 unspecified atom stereocenters. The van der Waals surface area contributed by atoms with E-state index >= 15 is 0 Å². The summed E-state index contributed by atoms with van der Waals surface area (Å²) < 4.78 is 5.29. The number of ether oxygens (including phenoxy) is 1. The number of aryl methyl sites for hydroxylation is 1. The fourth-order valence-electron chi connectivity index (χ4n) is 2.32. The molecule has 0 amide bonds. The molecule has 24 heavy (non-hydrogen) atoms. The van der Waals surface area contributed by atoms with Crippen LogP contribution >= 0.6 is 0 Å². The van der Waals surface area contributed by atoms with Crippen molar-refractivity contribution in [2.24, 2.45) is 0 Å². The molecular weight excluding hydrogens is 306 g/mol. The Morgan fingerprint density at radius 2 is 1.75 bits per heavy atom. The largest absolute Gasteiger partial charge is 0.457 e. The second kappa shape index (κ2) is 6.83. The first kappa shape index (κ1) is 17.7. The Bertz CT molecular complexity index is 758. The average Bonchev–Trinajstić information content (AvgIpc) is 2.51. The van der Waals surface area contributed by atoms with Gasteiger partial charge in [0.15, 0.2) is 0 Å². The summed E-state index contributed by atoms with van der Waals surface area (Å²) in [6.45, 7) is 8.18. The summed E-state index contributed by atoms with van der Waals surface area (Å²) >= 11 is 0. The van der Waals surface area contributed by atoms with Crippen molar-refractivity contribution in [3.63, 3.8) is 0 Å². The molecule has 5 heteroatoms. The third-order valence-corrected chi connectivity index (χ3v) is 3.82. The van der Waals surface area contributed by atoms with E-state index in [0.717, 1.165) is 5.56 Å². The predicted molar refractivity (Wildman–Crippen MR) is 92.1 cm³/mol. The molecule has 0 aliphatic rings. The van der Waals surface area contributed by atoms with Crippen LogP contribution < -0.4 is 0 Å². The van der Waals surface area contributed by atoms with E-state index in [2.05, 4.69) is 20.8 Å². The van der Waals surface area contributed by atoms with Gasteiger partial charge in [-0.15, -0.1) is 0 Å². The van der Waals surface area contributed by atoms with Gasteiger partial charge in [-0.1, -0.05) is 45.0 Å². The van der Waals surface area contributed by atoms with Crippen LogP contribution in [0, 0.1) is 17.0 Å². The SMILES string of the molecule is Cc1cc(C(=O)OCc2ccc(C(C)(C)C)cc2)ccc1[N+](=O)[O-]. The fourth-order valence-corrected chi connectivity index (χ4v) is 2.32. The molecule has 0 heterocycles. The minimum Gasteiger partial charge on any atom is -0.457 e. The van der Waals surface area contributed by atoms with Crippen LogP contribution in [0.3, 0.4) is 0 Å². The minimum atomic E-state index is -0.493. The van der Waals surface area contributed by atoms with Crippen molar-refractivity contribution in [1.82, 2.24) is 0 Å². The van der Waals surface area contributed by atoms with E-state index in [9.17, 15) is 14.9 Å². The van der Waals surface area contributed by atoms with E-state index < -0.39 is 10.9 Å². The Morgan fingerprint density at radius 1 is 1.12 bits per heavy atom. The lowest BCUT2D eigenvalue weighted by Crippen LogP contribution is -2.11. The maximum absolute atomic E-state index is 12.1. The standard InChI is InChI=1S/C19H21NO4/c1-13-11-15(7-10-17(13)20(22)23)18(21)24-12-14-5-8-16(9-6-14)19(2,3)4/h5-11H,12H2,1-4H3. The molecule has 0 aromatic heterocycles. The van der Waals surface area contributed by atoms with Gasteiger partial charge in [0.05, 0.1) is 10.5 Å². The Labute approximate surface area is 141 Å². The van der Waals surface area contributed by atoms with Crippen LogP contribution in [-0.4, -0.2) is 10.9 Å². The topological polar surface area (TPSA) is 69.4 Å². The van der Waals surface area contributed by atoms with E-state index in [4.69, 9.17) is 4.74 Å². The molecule has 5 nitrogen and oxygen atoms in total. The summed E-state index contributed by atoms with van der Waals surface area (Å²) in [6, 6.07) is 12.1. The van der Waals surface area contributed by atoms with Gasteiger partial charge < -0.3 is 4.74 Å². The van der Waals surface area contributed by atoms with E-state index in [1.807, 2.05) is 24.3 Å². The summed E-state index contributed by atoms with van der Waals surface area (Å²) in [5.74, 6) is -0.493. The van der Waals surface area contributed by atoms with Crippen LogP contribution in [-0.2, 0) is 16.8 Å². The molecule has 0 fully saturated rings. The number of nitrogens with zero attached hydrogens (tertiary/aromatic N) is 1. The van der Waals surface area contributed by atoms with Crippen molar-refractivity contribution in [1.29, 1.82) is 0 Å². The van der Waals surface area contributed by atoms with E-state index in [0.29, 0.717) is 11.1 Å². The van der Waals surface area contributed by atoms with Crippen molar-refractivity contribution in [2.75, 3.05) is 0 Å². The quantitative estimate of drug-likeness (QED) is 0.469. The molecule has 2 aromatic carbocycles. The molecule has 0 spiro atoms. The number of carbonyl (C=O) groups excluding carboxylic acids is 1. The number of nitro benzene ring substituents is 1. The minimum absolute atomic E-state index is 0.00989. The van der Waals surface area contributed by atoms with Crippen LogP contribution in [0.5, 0.6) is 0 Å². The summed E-state index contributed by atoms with van der Waals surface area (Å²) in [5.41, 5.74) is 2.92. The number of rotatable bonds is 4. The maximum Gasteiger partial charge on any atom is 0.338 e. The molecular formula is C19H21NO4. The van der Waals surface area contributed by atoms with E-state index in [-0.39, 0.29) is 17.7 Å². The van der Waals surface area contributed by atoms with Crippen molar-refractivity contribution in [3.05, 3.63) is 74.8 Å². The van der Waals surface area contributed by atoms with Crippen LogP contribution in [0.4, 0.5) is 5.69 Å². The molecule has 0 atom stereocenters. The maximum atomic E-state index is 12.1. The highest BCUT2D eigenvalue weighted by molar-refractivity contribution is 5.90. The number of esters is 1. The van der Waals surface area contributed by atoms with Crippen molar-refractivity contribution in [3.8, 4) is 0 Å². The van der Waals surface area contributed by atoms with Gasteiger partial charge in [-0.05, 0) is 35.6 Å². The smallest absolute Gasteiger partial charge is 0.338 e. The average molecular weight is 327 g/mol. The molecule has 0 aliphatic heterocycles. The zero-order valence-corrected chi connectivity index (χ0v) is 14.3. The predicted octanol–water partition coefficient (Wildman–Crippen LogP) is 4.56. The van der Waals surface area contributed by atoms with Crippen molar-refractivity contribution >= 4 is 11.7 Å². The summed E-state index contributed by atoms with van der Waals surface area (Å²) in [4.78, 5) is 22.4. The van der Waals surface area contributed by atoms with Crippen LogP contribution in [0.1, 0.15) is 47.8 Å². The normalized spacial score (nSPS) is 11.2. The number of nitro groups is 1. The molecule has 2 aromatic rings. The summed E-state index contributed by atoms with van der Waals surface area (Å²) in [6.07, 6.45) is 0. The Kier molecular flexibility index (Phi) is 5.02. The van der Waals surface area contributed by atoms with Crippen molar-refractivity contribution < 1.29 is 14.5 Å². The Hall–Kier alpha value is -2.69. The van der Waals surface area contributed by atoms with Gasteiger partial charge in [-0.25, -0.2) is 4.79 Å². The highest BCUT2D eigenvalue weighted by Crippen LogP contribution is 2.23. The summed E-state index contributed by atoms with van der Waals surface area (Å²) in [5, 5.41) is 10.8. The fraction of sp³-hybridized carbons (Fsp3) is 0.316. The molecule has 0 bridgehead atoms. The first-order valence-electron chi connectivity index (χ1n) is 7.70. The molecule has 0 saturated carbocycles. The molecule has 0 N–H and O–H groups in total. The molecule has 0 saturated heterocycles. The molecule has 126 valence electrons. The molecule has 2 rings (SSSR count). The lowest BCUT2D eigenvalue weighted by Gasteiger charge is -2.19. The van der Waals surface area contributed by atoms with E-state index in [1.54, 1.807) is 6.92 Å². The first-order chi connectivity index (χ1) is 11.2. The van der Waals surface area contributed by atoms with Gasteiger partial charge in [0.2, 0.25) is 0 Å². The van der Waals surface area contributed by atoms with Crippen LogP contribution in [0.25, 0.3) is 0 Å².